The number of thioether (sulfide) groups is 1. The van der Waals surface area contributed by atoms with Gasteiger partial charge in [-0.25, -0.2) is 4.68 Å². The zero-order chi connectivity index (χ0) is 11.5. The van der Waals surface area contributed by atoms with Gasteiger partial charge in [0.1, 0.15) is 0 Å². The Morgan fingerprint density at radius 3 is 2.73 bits per heavy atom. The minimum absolute atomic E-state index is 0.0913. The van der Waals surface area contributed by atoms with Crippen molar-refractivity contribution in [3.63, 3.8) is 0 Å². The van der Waals surface area contributed by atoms with E-state index in [1.165, 1.54) is 4.68 Å². The van der Waals surface area contributed by atoms with Crippen molar-refractivity contribution < 1.29 is 13.2 Å². The average Bonchev–Trinajstić information content (AvgIpc) is 2.49. The van der Waals surface area contributed by atoms with Gasteiger partial charge in [-0.1, -0.05) is 0 Å². The Kier molecular flexibility index (Phi) is 3.91. The van der Waals surface area contributed by atoms with Crippen molar-refractivity contribution in [1.29, 1.82) is 0 Å². The molecular weight excluding hydrogens is 231 g/mol. The van der Waals surface area contributed by atoms with E-state index >= 15 is 0 Å². The van der Waals surface area contributed by atoms with Crippen LogP contribution in [0.5, 0.6) is 0 Å². The van der Waals surface area contributed by atoms with Gasteiger partial charge < -0.3 is 5.73 Å². The molecule has 0 bridgehead atoms. The van der Waals surface area contributed by atoms with Crippen LogP contribution in [-0.2, 0) is 6.54 Å². The topological polar surface area (TPSA) is 69.6 Å². The van der Waals surface area contributed by atoms with Gasteiger partial charge in [-0.2, -0.15) is 13.2 Å². The van der Waals surface area contributed by atoms with Crippen molar-refractivity contribution in [1.82, 2.24) is 20.2 Å². The fourth-order valence-corrected chi connectivity index (χ4v) is 1.44. The smallest absolute Gasteiger partial charge is 0.322 e. The van der Waals surface area contributed by atoms with Crippen molar-refractivity contribution >= 4 is 11.8 Å². The highest BCUT2D eigenvalue weighted by Gasteiger charge is 2.27. The van der Waals surface area contributed by atoms with Gasteiger partial charge in [0, 0.05) is 5.75 Å². The summed E-state index contributed by atoms with van der Waals surface area (Å²) in [7, 11) is 0. The van der Waals surface area contributed by atoms with E-state index in [4.69, 9.17) is 5.73 Å². The maximum absolute atomic E-state index is 11.8. The Morgan fingerprint density at radius 2 is 2.20 bits per heavy atom. The Bertz CT molecular complexity index is 310. The third-order valence-corrected chi connectivity index (χ3v) is 2.25. The van der Waals surface area contributed by atoms with Gasteiger partial charge in [-0.15, -0.1) is 5.10 Å². The molecule has 0 saturated heterocycles. The molecule has 1 aromatic rings. The molecule has 0 saturated carbocycles. The van der Waals surface area contributed by atoms with Crippen molar-refractivity contribution in [2.45, 2.75) is 25.0 Å². The lowest BCUT2D eigenvalue weighted by atomic mass is 10.3. The predicted octanol–water partition coefficient (Wildman–Crippen LogP) is 0.946. The second-order valence-electron chi connectivity index (χ2n) is 2.84. The number of alkyl halides is 3. The molecule has 0 spiro atoms. The van der Waals surface area contributed by atoms with Crippen molar-refractivity contribution in [2.75, 3.05) is 5.75 Å². The molecule has 1 rings (SSSR count). The third kappa shape index (κ3) is 4.04. The molecule has 0 aliphatic carbocycles. The number of nitrogens with zero attached hydrogens (tertiary/aromatic N) is 4. The number of aromatic nitrogens is 4. The zero-order valence-electron chi connectivity index (χ0n) is 7.90. The summed E-state index contributed by atoms with van der Waals surface area (Å²) in [6, 6.07) is -0.393. The minimum atomic E-state index is -4.22. The molecule has 1 unspecified atom stereocenters. The molecule has 0 radical (unpaired) electrons. The predicted molar refractivity (Wildman–Crippen MR) is 48.9 cm³/mol. The minimum Gasteiger partial charge on any atom is -0.322 e. The molecule has 9 heteroatoms. The molecule has 0 aliphatic heterocycles. The Morgan fingerprint density at radius 1 is 1.53 bits per heavy atom. The number of hydrogen-bond acceptors (Lipinski definition) is 5. The molecule has 2 N–H and O–H groups in total. The second-order valence-corrected chi connectivity index (χ2v) is 4.00. The highest BCUT2D eigenvalue weighted by molar-refractivity contribution is 8.00. The number of nitrogens with two attached hydrogens (primary N) is 1. The van der Waals surface area contributed by atoms with Crippen LogP contribution in [0, 0.1) is 0 Å². The maximum Gasteiger partial charge on any atom is 0.441 e. The van der Waals surface area contributed by atoms with Crippen molar-refractivity contribution in [2.24, 2.45) is 5.73 Å². The summed E-state index contributed by atoms with van der Waals surface area (Å²) in [5.41, 5.74) is 1.30. The lowest BCUT2D eigenvalue weighted by Gasteiger charge is -2.07. The number of tetrazole rings is 1. The van der Waals surface area contributed by atoms with Crippen LogP contribution in [0.1, 0.15) is 18.8 Å². The first-order valence-electron chi connectivity index (χ1n) is 4.12. The molecule has 0 aliphatic rings. The van der Waals surface area contributed by atoms with E-state index < -0.39 is 11.6 Å². The van der Waals surface area contributed by atoms with Crippen LogP contribution in [0.4, 0.5) is 13.2 Å². The van der Waals surface area contributed by atoms with Crippen molar-refractivity contribution in [3.05, 3.63) is 5.82 Å². The van der Waals surface area contributed by atoms with Crippen LogP contribution in [-0.4, -0.2) is 31.5 Å². The lowest BCUT2D eigenvalue weighted by Crippen LogP contribution is -2.16. The largest absolute Gasteiger partial charge is 0.441 e. The van der Waals surface area contributed by atoms with E-state index in [2.05, 4.69) is 15.5 Å². The van der Waals surface area contributed by atoms with E-state index in [1.807, 2.05) is 0 Å². The normalized spacial score (nSPS) is 14.2. The summed E-state index contributed by atoms with van der Waals surface area (Å²) in [4.78, 5) is 0. The molecule has 1 heterocycles. The van der Waals surface area contributed by atoms with Crippen LogP contribution >= 0.6 is 11.8 Å². The number of halogens is 3. The summed E-state index contributed by atoms with van der Waals surface area (Å²) in [6.07, 6.45) is 0. The Balaban J connectivity index is 2.47. The van der Waals surface area contributed by atoms with Crippen LogP contribution in [0.3, 0.4) is 0 Å². The molecular formula is C6H10F3N5S. The van der Waals surface area contributed by atoms with E-state index in [-0.39, 0.29) is 24.1 Å². The van der Waals surface area contributed by atoms with E-state index in [1.54, 1.807) is 6.92 Å². The third-order valence-electron chi connectivity index (χ3n) is 1.54. The first-order valence-corrected chi connectivity index (χ1v) is 5.11. The summed E-state index contributed by atoms with van der Waals surface area (Å²) < 4.78 is 36.7. The molecule has 0 fully saturated rings. The van der Waals surface area contributed by atoms with E-state index in [0.29, 0.717) is 5.82 Å². The highest BCUT2D eigenvalue weighted by atomic mass is 32.2. The number of hydrogen-bond donors (Lipinski definition) is 1. The van der Waals surface area contributed by atoms with Crippen LogP contribution < -0.4 is 5.73 Å². The summed E-state index contributed by atoms with van der Waals surface area (Å²) in [6.45, 7) is 1.76. The molecule has 0 aromatic carbocycles. The van der Waals surface area contributed by atoms with Gasteiger partial charge in [0.05, 0.1) is 12.6 Å². The molecule has 5 nitrogen and oxygen atoms in total. The molecule has 0 amide bonds. The first-order chi connectivity index (χ1) is 6.90. The Hall–Kier alpha value is -0.830. The van der Waals surface area contributed by atoms with Crippen LogP contribution in [0.15, 0.2) is 0 Å². The monoisotopic (exact) mass is 241 g/mol. The quantitative estimate of drug-likeness (QED) is 0.849. The highest BCUT2D eigenvalue weighted by Crippen LogP contribution is 2.29. The van der Waals surface area contributed by atoms with Gasteiger partial charge in [-0.3, -0.25) is 0 Å². The molecule has 86 valence electrons. The summed E-state index contributed by atoms with van der Waals surface area (Å²) in [5.74, 6) is 0.256. The van der Waals surface area contributed by atoms with Crippen molar-refractivity contribution in [3.8, 4) is 0 Å². The first kappa shape index (κ1) is 12.2. The summed E-state index contributed by atoms with van der Waals surface area (Å²) in [5, 5.41) is 10.5. The molecule has 1 atom stereocenters. The van der Waals surface area contributed by atoms with Gasteiger partial charge >= 0.3 is 5.51 Å². The fourth-order valence-electron chi connectivity index (χ4n) is 0.945. The maximum atomic E-state index is 11.8. The average molecular weight is 241 g/mol. The summed E-state index contributed by atoms with van der Waals surface area (Å²) >= 11 is -0.105. The fraction of sp³-hybridized carbons (Fsp3) is 0.833. The van der Waals surface area contributed by atoms with Crippen LogP contribution in [0.25, 0.3) is 0 Å². The lowest BCUT2D eigenvalue weighted by molar-refractivity contribution is -0.0328. The van der Waals surface area contributed by atoms with E-state index in [0.717, 1.165) is 0 Å². The molecule has 1 aromatic heterocycles. The van der Waals surface area contributed by atoms with Gasteiger partial charge in [0.25, 0.3) is 0 Å². The molecule has 15 heavy (non-hydrogen) atoms. The number of aryl methyl sites for hydroxylation is 1. The number of rotatable bonds is 4. The van der Waals surface area contributed by atoms with Gasteiger partial charge in [-0.05, 0) is 29.1 Å². The second kappa shape index (κ2) is 4.79. The van der Waals surface area contributed by atoms with E-state index in [9.17, 15) is 13.2 Å². The van der Waals surface area contributed by atoms with Gasteiger partial charge in [0.2, 0.25) is 0 Å². The van der Waals surface area contributed by atoms with Gasteiger partial charge in [0.15, 0.2) is 5.82 Å². The SMILES string of the molecule is CC(N)c1nnnn1CCSC(F)(F)F. The zero-order valence-corrected chi connectivity index (χ0v) is 8.72. The standard InChI is InChI=1S/C6H10F3N5S/c1-4(10)5-11-12-13-14(5)2-3-15-6(7,8)9/h4H,2-3,10H2,1H3. The Labute approximate surface area is 88.2 Å². The van der Waals surface area contributed by atoms with Crippen LogP contribution in [0.2, 0.25) is 0 Å².